The number of rotatable bonds is 1. The number of hydrogen-bond acceptors (Lipinski definition) is 3. The molecule has 0 aliphatic heterocycles. The van der Waals surface area contributed by atoms with Crippen LogP contribution in [-0.4, -0.2) is 0 Å². The van der Waals surface area contributed by atoms with Gasteiger partial charge in [-0.1, -0.05) is 36.4 Å². The Morgan fingerprint density at radius 2 is 1.85 bits per heavy atom. The van der Waals surface area contributed by atoms with Crippen molar-refractivity contribution in [2.45, 2.75) is 0 Å². The molecule has 3 heteroatoms. The highest BCUT2D eigenvalue weighted by atomic mass is 32.1. The summed E-state index contributed by atoms with van der Waals surface area (Å²) in [4.78, 5) is 13.3. The fourth-order valence-corrected chi connectivity index (χ4v) is 3.19. The second-order valence-electron chi connectivity index (χ2n) is 4.63. The minimum Gasteiger partial charge on any atom is -0.421 e. The molecule has 2 aromatic rings. The Kier molecular flexibility index (Phi) is 2.47. The highest BCUT2D eigenvalue weighted by Crippen LogP contribution is 2.34. The Morgan fingerprint density at radius 3 is 2.70 bits per heavy atom. The van der Waals surface area contributed by atoms with Gasteiger partial charge in [-0.15, -0.1) is 11.3 Å². The van der Waals surface area contributed by atoms with Crippen molar-refractivity contribution >= 4 is 22.1 Å². The van der Waals surface area contributed by atoms with Gasteiger partial charge in [-0.05, 0) is 40.1 Å². The summed E-state index contributed by atoms with van der Waals surface area (Å²) in [5, 5.41) is 3.57. The molecule has 2 aliphatic rings. The quantitative estimate of drug-likeness (QED) is 0.508. The van der Waals surface area contributed by atoms with Gasteiger partial charge >= 0.3 is 5.63 Å². The van der Waals surface area contributed by atoms with Gasteiger partial charge in [-0.2, -0.15) is 0 Å². The van der Waals surface area contributed by atoms with Crippen LogP contribution >= 0.6 is 11.3 Å². The summed E-state index contributed by atoms with van der Waals surface area (Å²) in [6.45, 7) is 0. The van der Waals surface area contributed by atoms with E-state index in [2.05, 4.69) is 0 Å². The maximum absolute atomic E-state index is 12.3. The van der Waals surface area contributed by atoms with E-state index in [0.717, 1.165) is 21.4 Å². The summed E-state index contributed by atoms with van der Waals surface area (Å²) in [6, 6.07) is 17.7. The minimum atomic E-state index is -0.271. The molecule has 2 heterocycles. The molecule has 0 atom stereocenters. The van der Waals surface area contributed by atoms with Gasteiger partial charge in [-0.25, -0.2) is 4.79 Å². The normalized spacial score (nSPS) is 11.2. The summed E-state index contributed by atoms with van der Waals surface area (Å²) in [5.41, 5.74) is 1.73. The molecule has 0 fully saturated rings. The van der Waals surface area contributed by atoms with Gasteiger partial charge in [0.05, 0.1) is 10.3 Å². The Bertz CT molecular complexity index is 919. The van der Waals surface area contributed by atoms with E-state index >= 15 is 0 Å². The van der Waals surface area contributed by atoms with Crippen LogP contribution in [0.2, 0.25) is 0 Å². The smallest absolute Gasteiger partial charge is 0.344 e. The zero-order chi connectivity index (χ0) is 13.5. The lowest BCUT2D eigenvalue weighted by molar-refractivity contribution is 0.536. The van der Waals surface area contributed by atoms with E-state index in [9.17, 15) is 4.79 Å². The van der Waals surface area contributed by atoms with Gasteiger partial charge in [-0.3, -0.25) is 0 Å². The fourth-order valence-electron chi connectivity index (χ4n) is 2.51. The summed E-state index contributed by atoms with van der Waals surface area (Å²) in [5.74, 6) is 0.636. The van der Waals surface area contributed by atoms with Gasteiger partial charge < -0.3 is 4.42 Å². The lowest BCUT2D eigenvalue weighted by atomic mass is 10.1. The van der Waals surface area contributed by atoms with Gasteiger partial charge in [0.15, 0.2) is 0 Å². The number of fused-ring (bicyclic) bond motifs is 3. The van der Waals surface area contributed by atoms with Crippen LogP contribution in [0.4, 0.5) is 0 Å². The predicted octanol–water partition coefficient (Wildman–Crippen LogP) is 4.63. The molecule has 0 aromatic carbocycles. The summed E-state index contributed by atoms with van der Waals surface area (Å²) in [6.07, 6.45) is 0. The molecule has 2 nitrogen and oxygen atoms in total. The molecule has 0 N–H and O–H groups in total. The Hall–Kier alpha value is -2.39. The van der Waals surface area contributed by atoms with Crippen molar-refractivity contribution in [3.05, 3.63) is 70.4 Å². The first-order valence-electron chi connectivity index (χ1n) is 6.32. The van der Waals surface area contributed by atoms with Crippen molar-refractivity contribution in [2.24, 2.45) is 0 Å². The van der Waals surface area contributed by atoms with E-state index < -0.39 is 0 Å². The SMILES string of the molecule is O=c1oc(-c2cccs2)cc2cc3cccccc-3c12. The average Bonchev–Trinajstić information content (AvgIpc) is 3.02. The third-order valence-electron chi connectivity index (χ3n) is 3.40. The van der Waals surface area contributed by atoms with Crippen LogP contribution in [0, 0.1) is 0 Å². The molecule has 0 bridgehead atoms. The first-order valence-corrected chi connectivity index (χ1v) is 7.20. The van der Waals surface area contributed by atoms with Gasteiger partial charge in [0.25, 0.3) is 0 Å². The summed E-state index contributed by atoms with van der Waals surface area (Å²) in [7, 11) is 0. The standard InChI is InChI=1S/C17H10O2S/c18-17-16-12(9-11-5-2-1-3-6-13(11)16)10-14(19-17)15-7-4-8-20-15/h1-10H. The zero-order valence-electron chi connectivity index (χ0n) is 10.5. The number of thiophene rings is 1. The van der Waals surface area contributed by atoms with Crippen LogP contribution < -0.4 is 5.63 Å². The maximum Gasteiger partial charge on any atom is 0.344 e. The van der Waals surface area contributed by atoms with Crippen molar-refractivity contribution in [1.82, 2.24) is 0 Å². The second-order valence-corrected chi connectivity index (χ2v) is 5.58. The van der Waals surface area contributed by atoms with Crippen molar-refractivity contribution in [2.75, 3.05) is 0 Å². The highest BCUT2D eigenvalue weighted by molar-refractivity contribution is 7.13. The van der Waals surface area contributed by atoms with Crippen LogP contribution in [-0.2, 0) is 0 Å². The largest absolute Gasteiger partial charge is 0.421 e. The molecule has 0 radical (unpaired) electrons. The Morgan fingerprint density at radius 1 is 0.950 bits per heavy atom. The van der Waals surface area contributed by atoms with E-state index in [0.29, 0.717) is 11.1 Å². The van der Waals surface area contributed by atoms with Crippen molar-refractivity contribution in [1.29, 1.82) is 0 Å². The van der Waals surface area contributed by atoms with Crippen molar-refractivity contribution in [3.8, 4) is 21.8 Å². The van der Waals surface area contributed by atoms with Crippen molar-refractivity contribution in [3.63, 3.8) is 0 Å². The fraction of sp³-hybridized carbons (Fsp3) is 0. The number of hydrogen-bond donors (Lipinski definition) is 0. The van der Waals surface area contributed by atoms with Crippen LogP contribution in [0.15, 0.2) is 69.2 Å². The zero-order valence-corrected chi connectivity index (χ0v) is 11.3. The average molecular weight is 278 g/mol. The molecule has 20 heavy (non-hydrogen) atoms. The Balaban J connectivity index is 2.10. The van der Waals surface area contributed by atoms with Gasteiger partial charge in [0.1, 0.15) is 5.76 Å². The van der Waals surface area contributed by atoms with E-state index in [1.54, 1.807) is 11.3 Å². The Labute approximate surface area is 119 Å². The van der Waals surface area contributed by atoms with Crippen LogP contribution in [0.5, 0.6) is 0 Å². The van der Waals surface area contributed by atoms with Crippen LogP contribution in [0.25, 0.3) is 32.5 Å². The second kappa shape index (κ2) is 4.32. The van der Waals surface area contributed by atoms with Crippen molar-refractivity contribution < 1.29 is 4.42 Å². The lowest BCUT2D eigenvalue weighted by Crippen LogP contribution is -1.98. The van der Waals surface area contributed by atoms with E-state index in [4.69, 9.17) is 4.42 Å². The topological polar surface area (TPSA) is 30.2 Å². The molecule has 2 aliphatic carbocycles. The molecule has 0 unspecified atom stereocenters. The molecule has 0 spiro atoms. The maximum atomic E-state index is 12.3. The third-order valence-corrected chi connectivity index (χ3v) is 4.28. The molecule has 0 saturated heterocycles. The third kappa shape index (κ3) is 1.67. The molecule has 2 aromatic heterocycles. The predicted molar refractivity (Wildman–Crippen MR) is 82.4 cm³/mol. The molecule has 4 rings (SSSR count). The first-order chi connectivity index (χ1) is 9.83. The molecular weight excluding hydrogens is 268 g/mol. The van der Waals surface area contributed by atoms with E-state index in [-0.39, 0.29) is 5.63 Å². The van der Waals surface area contributed by atoms with Crippen LogP contribution in [0.1, 0.15) is 0 Å². The highest BCUT2D eigenvalue weighted by Gasteiger charge is 2.15. The molecule has 96 valence electrons. The molecule has 0 saturated carbocycles. The summed E-state index contributed by atoms with van der Waals surface area (Å²) >= 11 is 1.57. The summed E-state index contributed by atoms with van der Waals surface area (Å²) < 4.78 is 5.49. The minimum absolute atomic E-state index is 0.271. The van der Waals surface area contributed by atoms with E-state index in [1.165, 1.54) is 0 Å². The van der Waals surface area contributed by atoms with Gasteiger partial charge in [0, 0.05) is 0 Å². The van der Waals surface area contributed by atoms with E-state index in [1.807, 2.05) is 60.0 Å². The molecular formula is C17H10O2S. The van der Waals surface area contributed by atoms with Gasteiger partial charge in [0.2, 0.25) is 0 Å². The first kappa shape index (κ1) is 11.4. The van der Waals surface area contributed by atoms with Crippen LogP contribution in [0.3, 0.4) is 0 Å². The molecule has 0 amide bonds. The lowest BCUT2D eigenvalue weighted by Gasteiger charge is -1.97. The monoisotopic (exact) mass is 278 g/mol.